The zero-order chi connectivity index (χ0) is 15.5. The summed E-state index contributed by atoms with van der Waals surface area (Å²) in [6, 6.07) is 6.05. The summed E-state index contributed by atoms with van der Waals surface area (Å²) >= 11 is 0. The second-order valence-corrected chi connectivity index (χ2v) is 5.47. The molecule has 0 radical (unpaired) electrons. The smallest absolute Gasteiger partial charge is 0.161 e. The molecule has 0 fully saturated rings. The Kier molecular flexibility index (Phi) is 8.87. The monoisotopic (exact) mass is 295 g/mol. The van der Waals surface area contributed by atoms with Crippen LogP contribution in [0.15, 0.2) is 18.2 Å². The van der Waals surface area contributed by atoms with E-state index >= 15 is 0 Å². The lowest BCUT2D eigenvalue weighted by Crippen LogP contribution is -2.19. The van der Waals surface area contributed by atoms with Crippen molar-refractivity contribution >= 4 is 0 Å². The van der Waals surface area contributed by atoms with Gasteiger partial charge in [-0.1, -0.05) is 26.8 Å². The van der Waals surface area contributed by atoms with E-state index in [0.717, 1.165) is 37.6 Å². The number of ether oxygens (including phenoxy) is 3. The fourth-order valence-electron chi connectivity index (χ4n) is 1.91. The largest absolute Gasteiger partial charge is 0.493 e. The molecule has 0 unspecified atom stereocenters. The van der Waals surface area contributed by atoms with Crippen LogP contribution in [0, 0.1) is 5.92 Å². The third kappa shape index (κ3) is 7.34. The Morgan fingerprint density at radius 3 is 2.57 bits per heavy atom. The lowest BCUT2D eigenvalue weighted by molar-refractivity contribution is 0.0995. The average molecular weight is 295 g/mol. The first-order valence-corrected chi connectivity index (χ1v) is 7.75. The third-order valence-electron chi connectivity index (χ3n) is 2.94. The van der Waals surface area contributed by atoms with Gasteiger partial charge in [0.15, 0.2) is 11.5 Å². The molecule has 21 heavy (non-hydrogen) atoms. The Morgan fingerprint density at radius 1 is 1.10 bits per heavy atom. The first-order chi connectivity index (χ1) is 10.2. The van der Waals surface area contributed by atoms with Crippen LogP contribution in [-0.4, -0.2) is 33.5 Å². The number of rotatable bonds is 11. The minimum Gasteiger partial charge on any atom is -0.493 e. The van der Waals surface area contributed by atoms with Crippen LogP contribution in [-0.2, 0) is 11.3 Å². The maximum Gasteiger partial charge on any atom is 0.161 e. The van der Waals surface area contributed by atoms with Crippen LogP contribution in [0.25, 0.3) is 0 Å². The van der Waals surface area contributed by atoms with Crippen molar-refractivity contribution in [2.24, 2.45) is 5.92 Å². The van der Waals surface area contributed by atoms with Gasteiger partial charge in [0.25, 0.3) is 0 Å². The maximum atomic E-state index is 5.76. The first-order valence-electron chi connectivity index (χ1n) is 7.75. The van der Waals surface area contributed by atoms with Gasteiger partial charge in [-0.05, 0) is 36.6 Å². The van der Waals surface area contributed by atoms with E-state index in [1.165, 1.54) is 5.56 Å². The molecule has 120 valence electrons. The first kappa shape index (κ1) is 17.8. The van der Waals surface area contributed by atoms with Gasteiger partial charge in [-0.25, -0.2) is 0 Å². The summed E-state index contributed by atoms with van der Waals surface area (Å²) in [5, 5.41) is 3.43. The Bertz CT molecular complexity index is 394. The topological polar surface area (TPSA) is 39.7 Å². The predicted molar refractivity (Wildman–Crippen MR) is 86.1 cm³/mol. The summed E-state index contributed by atoms with van der Waals surface area (Å²) in [4.78, 5) is 0. The third-order valence-corrected chi connectivity index (χ3v) is 2.94. The highest BCUT2D eigenvalue weighted by Crippen LogP contribution is 2.28. The van der Waals surface area contributed by atoms with Crippen molar-refractivity contribution in [1.82, 2.24) is 5.32 Å². The molecule has 1 rings (SSSR count). The van der Waals surface area contributed by atoms with Crippen molar-refractivity contribution in [2.75, 3.05) is 33.5 Å². The Labute approximate surface area is 128 Å². The van der Waals surface area contributed by atoms with E-state index in [1.807, 2.05) is 12.1 Å². The number of hydrogen-bond acceptors (Lipinski definition) is 4. The number of methoxy groups -OCH3 is 1. The molecule has 1 N–H and O–H groups in total. The molecule has 4 heteroatoms. The van der Waals surface area contributed by atoms with Crippen molar-refractivity contribution < 1.29 is 14.2 Å². The normalized spacial score (nSPS) is 10.9. The van der Waals surface area contributed by atoms with E-state index in [2.05, 4.69) is 32.2 Å². The second kappa shape index (κ2) is 10.5. The predicted octanol–water partition coefficient (Wildman–Crippen LogP) is 3.25. The fourth-order valence-corrected chi connectivity index (χ4v) is 1.91. The van der Waals surface area contributed by atoms with Gasteiger partial charge in [0, 0.05) is 13.2 Å². The summed E-state index contributed by atoms with van der Waals surface area (Å²) in [7, 11) is 1.66. The highest BCUT2D eigenvalue weighted by Gasteiger charge is 2.06. The zero-order valence-electron chi connectivity index (χ0n) is 13.8. The molecule has 1 aromatic rings. The molecule has 0 saturated carbocycles. The van der Waals surface area contributed by atoms with E-state index in [1.54, 1.807) is 7.11 Å². The molecule has 0 aliphatic heterocycles. The lowest BCUT2D eigenvalue weighted by atomic mass is 10.2. The van der Waals surface area contributed by atoms with Crippen molar-refractivity contribution in [3.63, 3.8) is 0 Å². The molecule has 0 aromatic heterocycles. The molecule has 0 heterocycles. The van der Waals surface area contributed by atoms with Crippen LogP contribution in [0.4, 0.5) is 0 Å². The molecular formula is C17H29NO3. The molecule has 0 bridgehead atoms. The van der Waals surface area contributed by atoms with Crippen LogP contribution < -0.4 is 14.8 Å². The van der Waals surface area contributed by atoms with Gasteiger partial charge in [-0.3, -0.25) is 0 Å². The van der Waals surface area contributed by atoms with Crippen molar-refractivity contribution in [1.29, 1.82) is 0 Å². The van der Waals surface area contributed by atoms with Gasteiger partial charge in [0.2, 0.25) is 0 Å². The minimum atomic E-state index is 0.541. The van der Waals surface area contributed by atoms with Gasteiger partial charge in [-0.2, -0.15) is 0 Å². The molecule has 1 aromatic carbocycles. The zero-order valence-corrected chi connectivity index (χ0v) is 13.8. The van der Waals surface area contributed by atoms with Crippen LogP contribution in [0.2, 0.25) is 0 Å². The van der Waals surface area contributed by atoms with Gasteiger partial charge < -0.3 is 19.5 Å². The Hall–Kier alpha value is -1.26. The van der Waals surface area contributed by atoms with E-state index < -0.39 is 0 Å². The highest BCUT2D eigenvalue weighted by atomic mass is 16.5. The van der Waals surface area contributed by atoms with Gasteiger partial charge in [0.1, 0.15) is 6.61 Å². The van der Waals surface area contributed by atoms with Crippen molar-refractivity contribution in [3.05, 3.63) is 23.8 Å². The number of nitrogens with one attached hydrogen (secondary N) is 1. The average Bonchev–Trinajstić information content (AvgIpc) is 2.47. The summed E-state index contributed by atoms with van der Waals surface area (Å²) < 4.78 is 16.5. The second-order valence-electron chi connectivity index (χ2n) is 5.47. The van der Waals surface area contributed by atoms with Crippen LogP contribution in [0.1, 0.15) is 32.8 Å². The molecule has 0 aliphatic carbocycles. The number of benzene rings is 1. The van der Waals surface area contributed by atoms with E-state index in [-0.39, 0.29) is 0 Å². The molecular weight excluding hydrogens is 266 g/mol. The Balaban J connectivity index is 2.50. The summed E-state index contributed by atoms with van der Waals surface area (Å²) in [5.74, 6) is 2.19. The van der Waals surface area contributed by atoms with E-state index in [4.69, 9.17) is 14.2 Å². The van der Waals surface area contributed by atoms with Crippen molar-refractivity contribution in [3.8, 4) is 11.5 Å². The molecule has 0 saturated heterocycles. The van der Waals surface area contributed by atoms with Gasteiger partial charge >= 0.3 is 0 Å². The van der Waals surface area contributed by atoms with Gasteiger partial charge in [0.05, 0.1) is 13.7 Å². The summed E-state index contributed by atoms with van der Waals surface area (Å²) in [6.07, 6.45) is 1.03. The molecule has 0 amide bonds. The quantitative estimate of drug-likeness (QED) is 0.636. The van der Waals surface area contributed by atoms with E-state index in [9.17, 15) is 0 Å². The summed E-state index contributed by atoms with van der Waals surface area (Å²) in [5.41, 5.74) is 1.20. The molecule has 0 spiro atoms. The lowest BCUT2D eigenvalue weighted by Gasteiger charge is -2.13. The fraction of sp³-hybridized carbons (Fsp3) is 0.647. The number of hydrogen-bond donors (Lipinski definition) is 1. The van der Waals surface area contributed by atoms with Crippen LogP contribution >= 0.6 is 0 Å². The van der Waals surface area contributed by atoms with Crippen molar-refractivity contribution in [2.45, 2.75) is 33.7 Å². The maximum absolute atomic E-state index is 5.76. The van der Waals surface area contributed by atoms with E-state index in [0.29, 0.717) is 19.1 Å². The minimum absolute atomic E-state index is 0.541. The molecule has 0 atom stereocenters. The van der Waals surface area contributed by atoms with Crippen LogP contribution in [0.3, 0.4) is 0 Å². The highest BCUT2D eigenvalue weighted by molar-refractivity contribution is 5.42. The standard InChI is InChI=1S/C17H29NO3/c1-5-8-20-9-10-21-17-11-15(6-7-16(17)19-4)13-18-12-14(2)3/h6-7,11,14,18H,5,8-10,12-13H2,1-4H3. The Morgan fingerprint density at radius 2 is 1.90 bits per heavy atom. The molecule has 0 aliphatic rings. The van der Waals surface area contributed by atoms with Gasteiger partial charge in [-0.15, -0.1) is 0 Å². The summed E-state index contributed by atoms with van der Waals surface area (Å²) in [6.45, 7) is 10.3. The SMILES string of the molecule is CCCOCCOc1cc(CNCC(C)C)ccc1OC. The van der Waals surface area contributed by atoms with Crippen LogP contribution in [0.5, 0.6) is 11.5 Å². The molecule has 4 nitrogen and oxygen atoms in total.